The second-order valence-corrected chi connectivity index (χ2v) is 6.25. The molecule has 7 heteroatoms. The van der Waals surface area contributed by atoms with Crippen molar-refractivity contribution in [1.29, 1.82) is 0 Å². The number of nitrogens with one attached hydrogen (secondary N) is 1. The molecule has 0 aliphatic heterocycles. The molecule has 0 spiro atoms. The van der Waals surface area contributed by atoms with E-state index in [1.165, 1.54) is 10.9 Å². The van der Waals surface area contributed by atoms with Gasteiger partial charge in [-0.15, -0.1) is 0 Å². The summed E-state index contributed by atoms with van der Waals surface area (Å²) >= 11 is 0. The predicted octanol–water partition coefficient (Wildman–Crippen LogP) is 3.56. The lowest BCUT2D eigenvalue weighted by Gasteiger charge is -2.08. The van der Waals surface area contributed by atoms with Crippen LogP contribution in [0, 0.1) is 0 Å². The molecule has 1 amide bonds. The summed E-state index contributed by atoms with van der Waals surface area (Å²) in [7, 11) is 0. The molecule has 27 heavy (non-hydrogen) atoms. The first-order valence-electron chi connectivity index (χ1n) is 8.94. The van der Waals surface area contributed by atoms with E-state index in [0.717, 1.165) is 24.0 Å². The molecule has 3 rings (SSSR count). The third-order valence-corrected chi connectivity index (χ3v) is 4.27. The molecule has 2 heterocycles. The Kier molecular flexibility index (Phi) is 5.90. The van der Waals surface area contributed by atoms with Gasteiger partial charge in [0.15, 0.2) is 0 Å². The Labute approximate surface area is 156 Å². The minimum Gasteiger partial charge on any atom is -0.311 e. The molecule has 1 aromatic carbocycles. The SMILES string of the molecule is CCCCC(=O)Nc1ccc(-c2ccc3ncn(CCF)c(=O)c3c2)cn1. The van der Waals surface area contributed by atoms with Crippen LogP contribution in [0.2, 0.25) is 0 Å². The number of carbonyl (C=O) groups excluding carboxylic acids is 1. The number of pyridine rings is 1. The van der Waals surface area contributed by atoms with Gasteiger partial charge in [-0.3, -0.25) is 14.2 Å². The lowest BCUT2D eigenvalue weighted by atomic mass is 10.1. The molecular formula is C20H21FN4O2. The topological polar surface area (TPSA) is 76.9 Å². The van der Waals surface area contributed by atoms with Crippen LogP contribution in [0.15, 0.2) is 47.7 Å². The molecule has 6 nitrogen and oxygen atoms in total. The Balaban J connectivity index is 1.85. The normalized spacial score (nSPS) is 10.9. The van der Waals surface area contributed by atoms with E-state index in [1.54, 1.807) is 24.4 Å². The summed E-state index contributed by atoms with van der Waals surface area (Å²) in [6.07, 6.45) is 5.29. The lowest BCUT2D eigenvalue weighted by Crippen LogP contribution is -2.21. The first-order chi connectivity index (χ1) is 13.1. The summed E-state index contributed by atoms with van der Waals surface area (Å²) in [5, 5.41) is 3.20. The van der Waals surface area contributed by atoms with Gasteiger partial charge >= 0.3 is 0 Å². The van der Waals surface area contributed by atoms with Crippen LogP contribution in [0.5, 0.6) is 0 Å². The number of anilines is 1. The molecule has 2 aromatic heterocycles. The van der Waals surface area contributed by atoms with E-state index < -0.39 is 6.67 Å². The highest BCUT2D eigenvalue weighted by Crippen LogP contribution is 2.22. The summed E-state index contributed by atoms with van der Waals surface area (Å²) < 4.78 is 13.8. The van der Waals surface area contributed by atoms with Crippen molar-refractivity contribution in [3.8, 4) is 11.1 Å². The van der Waals surface area contributed by atoms with Crippen LogP contribution >= 0.6 is 0 Å². The molecule has 0 fully saturated rings. The van der Waals surface area contributed by atoms with Crippen LogP contribution in [-0.2, 0) is 11.3 Å². The van der Waals surface area contributed by atoms with Crippen molar-refractivity contribution in [3.05, 3.63) is 53.2 Å². The molecule has 0 saturated heterocycles. The Morgan fingerprint density at radius 1 is 1.19 bits per heavy atom. The second-order valence-electron chi connectivity index (χ2n) is 6.25. The number of carbonyl (C=O) groups is 1. The average molecular weight is 368 g/mol. The third-order valence-electron chi connectivity index (χ3n) is 4.27. The maximum atomic E-state index is 12.6. The van der Waals surface area contributed by atoms with Crippen molar-refractivity contribution in [1.82, 2.24) is 14.5 Å². The second kappa shape index (κ2) is 8.53. The predicted molar refractivity (Wildman–Crippen MR) is 103 cm³/mol. The summed E-state index contributed by atoms with van der Waals surface area (Å²) in [6.45, 7) is 1.40. The lowest BCUT2D eigenvalue weighted by molar-refractivity contribution is -0.116. The highest BCUT2D eigenvalue weighted by atomic mass is 19.1. The number of hydrogen-bond donors (Lipinski definition) is 1. The van der Waals surface area contributed by atoms with Crippen LogP contribution in [0.1, 0.15) is 26.2 Å². The molecule has 0 saturated carbocycles. The summed E-state index contributed by atoms with van der Waals surface area (Å²) in [6, 6.07) is 8.90. The van der Waals surface area contributed by atoms with Crippen LogP contribution < -0.4 is 10.9 Å². The summed E-state index contributed by atoms with van der Waals surface area (Å²) in [5.74, 6) is 0.440. The molecule has 140 valence electrons. The molecule has 1 N–H and O–H groups in total. The van der Waals surface area contributed by atoms with Crippen molar-refractivity contribution in [3.63, 3.8) is 0 Å². The number of hydrogen-bond acceptors (Lipinski definition) is 4. The fourth-order valence-electron chi connectivity index (χ4n) is 2.77. The standard InChI is InChI=1S/C20H21FN4O2/c1-2-3-4-19(26)24-18-8-6-15(12-22-18)14-5-7-17-16(11-14)20(27)25(10-9-21)13-23-17/h5-8,11-13H,2-4,9-10H2,1H3,(H,22,24,26). The molecule has 0 unspecified atom stereocenters. The Morgan fingerprint density at radius 3 is 2.70 bits per heavy atom. The van der Waals surface area contributed by atoms with Gasteiger partial charge in [0.1, 0.15) is 12.5 Å². The fourth-order valence-corrected chi connectivity index (χ4v) is 2.77. The van der Waals surface area contributed by atoms with Crippen LogP contribution in [-0.4, -0.2) is 27.1 Å². The van der Waals surface area contributed by atoms with Gasteiger partial charge in [-0.2, -0.15) is 0 Å². The molecule has 3 aromatic rings. The van der Waals surface area contributed by atoms with Gasteiger partial charge in [-0.05, 0) is 36.2 Å². The zero-order valence-corrected chi connectivity index (χ0v) is 15.1. The Morgan fingerprint density at radius 2 is 2.00 bits per heavy atom. The molecule has 0 atom stereocenters. The van der Waals surface area contributed by atoms with Gasteiger partial charge in [0.25, 0.3) is 5.56 Å². The van der Waals surface area contributed by atoms with E-state index in [1.807, 2.05) is 19.1 Å². The number of alkyl halides is 1. The highest BCUT2D eigenvalue weighted by Gasteiger charge is 2.08. The van der Waals surface area contributed by atoms with Gasteiger partial charge in [0.05, 0.1) is 23.8 Å². The molecular weight excluding hydrogens is 347 g/mol. The van der Waals surface area contributed by atoms with Crippen molar-refractivity contribution in [2.75, 3.05) is 12.0 Å². The number of unbranched alkanes of at least 4 members (excludes halogenated alkanes) is 1. The molecule has 0 bridgehead atoms. The first-order valence-corrected chi connectivity index (χ1v) is 8.94. The summed E-state index contributed by atoms with van der Waals surface area (Å²) in [4.78, 5) is 32.7. The number of fused-ring (bicyclic) bond motifs is 1. The number of nitrogens with zero attached hydrogens (tertiary/aromatic N) is 3. The highest BCUT2D eigenvalue weighted by molar-refractivity contribution is 5.90. The summed E-state index contributed by atoms with van der Waals surface area (Å²) in [5.41, 5.74) is 1.90. The minimum atomic E-state index is -0.623. The third kappa shape index (κ3) is 4.36. The van der Waals surface area contributed by atoms with Gasteiger partial charge in [0.2, 0.25) is 5.91 Å². The molecule has 0 aliphatic rings. The fraction of sp³-hybridized carbons (Fsp3) is 0.300. The van der Waals surface area contributed by atoms with Crippen molar-refractivity contribution in [2.24, 2.45) is 0 Å². The van der Waals surface area contributed by atoms with Crippen molar-refractivity contribution in [2.45, 2.75) is 32.7 Å². The van der Waals surface area contributed by atoms with E-state index in [9.17, 15) is 14.0 Å². The molecule has 0 aliphatic carbocycles. The number of amides is 1. The van der Waals surface area contributed by atoms with Gasteiger partial charge in [0, 0.05) is 18.2 Å². The largest absolute Gasteiger partial charge is 0.311 e. The van der Waals surface area contributed by atoms with E-state index in [2.05, 4.69) is 15.3 Å². The zero-order chi connectivity index (χ0) is 19.2. The quantitative estimate of drug-likeness (QED) is 0.692. The van der Waals surface area contributed by atoms with Crippen LogP contribution in [0.25, 0.3) is 22.0 Å². The number of benzene rings is 1. The van der Waals surface area contributed by atoms with E-state index >= 15 is 0 Å². The van der Waals surface area contributed by atoms with Crippen LogP contribution in [0.4, 0.5) is 10.2 Å². The Hall–Kier alpha value is -3.09. The number of rotatable bonds is 7. The van der Waals surface area contributed by atoms with Gasteiger partial charge in [-0.25, -0.2) is 14.4 Å². The minimum absolute atomic E-state index is 0.0139. The first kappa shape index (κ1) is 18.7. The number of halogens is 1. The Bertz CT molecular complexity index is 999. The number of aromatic nitrogens is 3. The van der Waals surface area contributed by atoms with Gasteiger partial charge < -0.3 is 5.32 Å². The maximum absolute atomic E-state index is 12.6. The number of aryl methyl sites for hydroxylation is 1. The van der Waals surface area contributed by atoms with Gasteiger partial charge in [-0.1, -0.05) is 19.4 Å². The van der Waals surface area contributed by atoms with Crippen molar-refractivity contribution < 1.29 is 9.18 Å². The zero-order valence-electron chi connectivity index (χ0n) is 15.1. The van der Waals surface area contributed by atoms with E-state index in [0.29, 0.717) is 23.1 Å². The van der Waals surface area contributed by atoms with Crippen LogP contribution in [0.3, 0.4) is 0 Å². The monoisotopic (exact) mass is 368 g/mol. The van der Waals surface area contributed by atoms with E-state index in [4.69, 9.17) is 0 Å². The smallest absolute Gasteiger partial charge is 0.261 e. The molecule has 0 radical (unpaired) electrons. The van der Waals surface area contributed by atoms with Crippen molar-refractivity contribution >= 4 is 22.6 Å². The van der Waals surface area contributed by atoms with E-state index in [-0.39, 0.29) is 18.0 Å². The average Bonchev–Trinajstić information content (AvgIpc) is 2.69. The maximum Gasteiger partial charge on any atom is 0.261 e.